The number of halogens is 3. The van der Waals surface area contributed by atoms with Crippen molar-refractivity contribution in [2.75, 3.05) is 43.1 Å². The first-order chi connectivity index (χ1) is 9.92. The first-order valence-electron chi connectivity index (χ1n) is 6.59. The van der Waals surface area contributed by atoms with Gasteiger partial charge in [-0.05, 0) is 6.42 Å². The third-order valence-corrected chi connectivity index (χ3v) is 2.60. The van der Waals surface area contributed by atoms with Crippen molar-refractivity contribution < 1.29 is 23.4 Å². The van der Waals surface area contributed by atoms with Gasteiger partial charge >= 0.3 is 6.18 Å². The van der Waals surface area contributed by atoms with Gasteiger partial charge in [-0.3, -0.25) is 0 Å². The van der Waals surface area contributed by atoms with Gasteiger partial charge in [0.05, 0.1) is 13.2 Å². The predicted molar refractivity (Wildman–Crippen MR) is 72.2 cm³/mol. The van der Waals surface area contributed by atoms with Crippen molar-refractivity contribution in [3.05, 3.63) is 11.8 Å². The first-order valence-corrected chi connectivity index (χ1v) is 6.59. The van der Waals surface area contributed by atoms with Crippen LogP contribution < -0.4 is 10.2 Å². The van der Waals surface area contributed by atoms with E-state index in [2.05, 4.69) is 15.3 Å². The summed E-state index contributed by atoms with van der Waals surface area (Å²) in [4.78, 5) is 8.82. The van der Waals surface area contributed by atoms with E-state index in [4.69, 9.17) is 10.2 Å². The summed E-state index contributed by atoms with van der Waals surface area (Å²) in [7, 11) is 0. The minimum atomic E-state index is -4.59. The third kappa shape index (κ3) is 5.35. The van der Waals surface area contributed by atoms with Gasteiger partial charge in [0.2, 0.25) is 5.95 Å². The Labute approximate surface area is 120 Å². The maximum Gasteiger partial charge on any atom is 0.433 e. The Kier molecular flexibility index (Phi) is 6.63. The van der Waals surface area contributed by atoms with Crippen molar-refractivity contribution in [1.29, 1.82) is 0 Å². The molecule has 1 heterocycles. The first kappa shape index (κ1) is 17.4. The molecule has 0 aliphatic heterocycles. The van der Waals surface area contributed by atoms with Crippen LogP contribution >= 0.6 is 0 Å². The van der Waals surface area contributed by atoms with E-state index in [9.17, 15) is 13.2 Å². The van der Waals surface area contributed by atoms with E-state index >= 15 is 0 Å². The number of hydrogen-bond donors (Lipinski definition) is 3. The summed E-state index contributed by atoms with van der Waals surface area (Å²) in [5, 5.41) is 20.6. The van der Waals surface area contributed by atoms with Gasteiger partial charge in [0.15, 0.2) is 5.69 Å². The van der Waals surface area contributed by atoms with Crippen LogP contribution in [0.2, 0.25) is 0 Å². The number of aromatic nitrogens is 2. The molecule has 1 aromatic rings. The monoisotopic (exact) mass is 308 g/mol. The van der Waals surface area contributed by atoms with Gasteiger partial charge in [-0.1, -0.05) is 6.92 Å². The van der Waals surface area contributed by atoms with Crippen molar-refractivity contribution >= 4 is 11.8 Å². The average molecular weight is 308 g/mol. The van der Waals surface area contributed by atoms with Crippen molar-refractivity contribution in [3.8, 4) is 0 Å². The van der Waals surface area contributed by atoms with Gasteiger partial charge in [-0.2, -0.15) is 18.2 Å². The molecular formula is C12H19F3N4O2. The zero-order valence-electron chi connectivity index (χ0n) is 11.7. The number of alkyl halides is 3. The predicted octanol–water partition coefficient (Wildman–Crippen LogP) is 1.11. The van der Waals surface area contributed by atoms with E-state index in [0.717, 1.165) is 6.07 Å². The van der Waals surface area contributed by atoms with E-state index in [1.807, 2.05) is 6.92 Å². The van der Waals surface area contributed by atoms with E-state index in [1.54, 1.807) is 0 Å². The van der Waals surface area contributed by atoms with E-state index in [-0.39, 0.29) is 38.1 Å². The molecule has 0 aliphatic rings. The van der Waals surface area contributed by atoms with Gasteiger partial charge < -0.3 is 20.4 Å². The van der Waals surface area contributed by atoms with Crippen LogP contribution in [0.5, 0.6) is 0 Å². The van der Waals surface area contributed by atoms with Crippen molar-refractivity contribution in [2.24, 2.45) is 0 Å². The van der Waals surface area contributed by atoms with Crippen LogP contribution in [0, 0.1) is 0 Å². The average Bonchev–Trinajstić information content (AvgIpc) is 2.43. The van der Waals surface area contributed by atoms with Gasteiger partial charge in [-0.15, -0.1) is 0 Å². The lowest BCUT2D eigenvalue weighted by Gasteiger charge is -2.23. The number of nitrogens with zero attached hydrogens (tertiary/aromatic N) is 3. The Morgan fingerprint density at radius 3 is 2.29 bits per heavy atom. The second kappa shape index (κ2) is 7.99. The number of rotatable bonds is 8. The van der Waals surface area contributed by atoms with E-state index in [0.29, 0.717) is 13.0 Å². The lowest BCUT2D eigenvalue weighted by Crippen LogP contribution is -2.31. The summed E-state index contributed by atoms with van der Waals surface area (Å²) in [5.41, 5.74) is -1.06. The SMILES string of the molecule is CCCNc1nc(N(CCO)CCO)cc(C(F)(F)F)n1. The van der Waals surface area contributed by atoms with Gasteiger partial charge in [0.1, 0.15) is 5.82 Å². The van der Waals surface area contributed by atoms with Crippen molar-refractivity contribution in [1.82, 2.24) is 9.97 Å². The molecule has 0 aliphatic carbocycles. The molecule has 9 heteroatoms. The molecule has 0 amide bonds. The number of aliphatic hydroxyl groups is 2. The fraction of sp³-hybridized carbons (Fsp3) is 0.667. The van der Waals surface area contributed by atoms with Crippen LogP contribution in [0.25, 0.3) is 0 Å². The van der Waals surface area contributed by atoms with Crippen LogP contribution in [0.1, 0.15) is 19.0 Å². The molecule has 0 bridgehead atoms. The highest BCUT2D eigenvalue weighted by molar-refractivity contribution is 5.45. The van der Waals surface area contributed by atoms with Gasteiger partial charge in [-0.25, -0.2) is 4.98 Å². The number of nitrogens with one attached hydrogen (secondary N) is 1. The minimum Gasteiger partial charge on any atom is -0.395 e. The van der Waals surface area contributed by atoms with E-state index < -0.39 is 11.9 Å². The van der Waals surface area contributed by atoms with E-state index in [1.165, 1.54) is 4.90 Å². The number of aliphatic hydroxyl groups excluding tert-OH is 2. The second-order valence-electron chi connectivity index (χ2n) is 4.29. The molecule has 0 atom stereocenters. The molecule has 1 rings (SSSR count). The molecule has 0 saturated heterocycles. The Hall–Kier alpha value is -1.61. The van der Waals surface area contributed by atoms with Crippen LogP contribution in [0.4, 0.5) is 24.9 Å². The maximum atomic E-state index is 12.9. The largest absolute Gasteiger partial charge is 0.433 e. The van der Waals surface area contributed by atoms with Gasteiger partial charge in [0.25, 0.3) is 0 Å². The quantitative estimate of drug-likeness (QED) is 0.667. The Bertz CT molecular complexity index is 437. The lowest BCUT2D eigenvalue weighted by molar-refractivity contribution is -0.141. The molecule has 3 N–H and O–H groups in total. The number of hydrogen-bond acceptors (Lipinski definition) is 6. The molecule has 21 heavy (non-hydrogen) atoms. The van der Waals surface area contributed by atoms with Crippen LogP contribution in [-0.2, 0) is 6.18 Å². The number of anilines is 2. The lowest BCUT2D eigenvalue weighted by atomic mass is 10.3. The molecule has 0 spiro atoms. The Morgan fingerprint density at radius 2 is 1.81 bits per heavy atom. The summed E-state index contributed by atoms with van der Waals surface area (Å²) >= 11 is 0. The summed E-state index contributed by atoms with van der Waals surface area (Å²) in [6.07, 6.45) is -3.88. The fourth-order valence-corrected chi connectivity index (χ4v) is 1.64. The summed E-state index contributed by atoms with van der Waals surface area (Å²) < 4.78 is 38.6. The zero-order chi connectivity index (χ0) is 15.9. The van der Waals surface area contributed by atoms with Crippen molar-refractivity contribution in [2.45, 2.75) is 19.5 Å². The Balaban J connectivity index is 3.15. The molecule has 0 radical (unpaired) electrons. The normalized spacial score (nSPS) is 11.5. The van der Waals surface area contributed by atoms with Gasteiger partial charge in [0, 0.05) is 25.7 Å². The second-order valence-corrected chi connectivity index (χ2v) is 4.29. The molecule has 6 nitrogen and oxygen atoms in total. The standard InChI is InChI=1S/C12H19F3N4O2/c1-2-3-16-11-17-9(12(13,14)15)8-10(18-11)19(4-6-20)5-7-21/h8,20-21H,2-7H2,1H3,(H,16,17,18). The molecule has 0 saturated carbocycles. The summed E-state index contributed by atoms with van der Waals surface area (Å²) in [6, 6.07) is 0.808. The molecule has 1 aromatic heterocycles. The van der Waals surface area contributed by atoms with Crippen molar-refractivity contribution in [3.63, 3.8) is 0 Å². The molecule has 0 unspecified atom stereocenters. The zero-order valence-corrected chi connectivity index (χ0v) is 11.7. The van der Waals surface area contributed by atoms with Crippen LogP contribution in [0.15, 0.2) is 6.07 Å². The van der Waals surface area contributed by atoms with Crippen LogP contribution in [0.3, 0.4) is 0 Å². The highest BCUT2D eigenvalue weighted by atomic mass is 19.4. The highest BCUT2D eigenvalue weighted by Crippen LogP contribution is 2.30. The summed E-state index contributed by atoms with van der Waals surface area (Å²) in [5.74, 6) is -0.110. The maximum absolute atomic E-state index is 12.9. The topological polar surface area (TPSA) is 81.5 Å². The minimum absolute atomic E-state index is 0.0130. The molecule has 0 aromatic carbocycles. The highest BCUT2D eigenvalue weighted by Gasteiger charge is 2.34. The fourth-order valence-electron chi connectivity index (χ4n) is 1.64. The third-order valence-electron chi connectivity index (χ3n) is 2.60. The van der Waals surface area contributed by atoms with Crippen LogP contribution in [-0.4, -0.2) is 53.0 Å². The molecule has 120 valence electrons. The molecular weight excluding hydrogens is 289 g/mol. The molecule has 0 fully saturated rings. The Morgan fingerprint density at radius 1 is 1.19 bits per heavy atom. The smallest absolute Gasteiger partial charge is 0.395 e. The summed E-state index contributed by atoms with van der Waals surface area (Å²) in [6.45, 7) is 1.93.